The number of amides is 1. The second-order valence-electron chi connectivity index (χ2n) is 6.00. The van der Waals surface area contributed by atoms with Crippen LogP contribution in [0, 0.1) is 0 Å². The summed E-state index contributed by atoms with van der Waals surface area (Å²) in [5, 5.41) is 0.540. The summed E-state index contributed by atoms with van der Waals surface area (Å²) in [5.74, 6) is 0.143. The van der Waals surface area contributed by atoms with Gasteiger partial charge in [-0.3, -0.25) is 4.79 Å². The summed E-state index contributed by atoms with van der Waals surface area (Å²) < 4.78 is 38.2. The van der Waals surface area contributed by atoms with Crippen molar-refractivity contribution in [3.63, 3.8) is 0 Å². The highest BCUT2D eigenvalue weighted by Crippen LogP contribution is 2.29. The molecule has 0 fully saturated rings. The zero-order valence-electron chi connectivity index (χ0n) is 15.8. The first kappa shape index (κ1) is 22.0. The van der Waals surface area contributed by atoms with Crippen LogP contribution in [0.25, 0.3) is 0 Å². The fourth-order valence-electron chi connectivity index (χ4n) is 2.50. The number of halogens is 1. The predicted molar refractivity (Wildman–Crippen MR) is 107 cm³/mol. The van der Waals surface area contributed by atoms with Crippen LogP contribution in [-0.2, 0) is 21.4 Å². The first-order chi connectivity index (χ1) is 13.2. The molecule has 0 saturated carbocycles. The summed E-state index contributed by atoms with van der Waals surface area (Å²) in [6, 6.07) is 11.5. The van der Waals surface area contributed by atoms with E-state index in [9.17, 15) is 13.2 Å². The molecule has 28 heavy (non-hydrogen) atoms. The number of rotatable bonds is 9. The van der Waals surface area contributed by atoms with Gasteiger partial charge in [0, 0.05) is 30.8 Å². The quantitative estimate of drug-likeness (QED) is 0.572. The number of carbonyl (C=O) groups excluding carboxylic acids is 1. The first-order valence-electron chi connectivity index (χ1n) is 8.33. The molecule has 0 aromatic heterocycles. The van der Waals surface area contributed by atoms with Crippen molar-refractivity contribution in [1.29, 1.82) is 0 Å². The number of hydrogen-bond donors (Lipinski definition) is 0. The normalized spacial score (nSPS) is 11.1. The number of carbonyl (C=O) groups is 1. The zero-order valence-corrected chi connectivity index (χ0v) is 17.4. The van der Waals surface area contributed by atoms with Gasteiger partial charge in [0.05, 0.1) is 20.0 Å². The molecule has 2 rings (SSSR count). The van der Waals surface area contributed by atoms with Crippen molar-refractivity contribution in [2.75, 3.05) is 33.6 Å². The highest BCUT2D eigenvalue weighted by atomic mass is 35.5. The summed E-state index contributed by atoms with van der Waals surface area (Å²) in [6.07, 6.45) is 0.952. The Hall–Kier alpha value is -2.29. The maximum atomic E-state index is 12.9. The van der Waals surface area contributed by atoms with E-state index in [2.05, 4.69) is 0 Å². The molecule has 0 aliphatic rings. The van der Waals surface area contributed by atoms with Crippen LogP contribution in [0.3, 0.4) is 0 Å². The SMILES string of the molecule is COCCN(Cc1ccc(OC)c(OS(C)(=O)=O)c1)C(=O)c1ccc(Cl)cc1. The second-order valence-corrected chi connectivity index (χ2v) is 8.01. The Balaban J connectivity index is 2.29. The molecule has 0 saturated heterocycles. The van der Waals surface area contributed by atoms with Crippen molar-refractivity contribution < 1.29 is 26.9 Å². The Morgan fingerprint density at radius 3 is 2.32 bits per heavy atom. The molecule has 0 aliphatic heterocycles. The zero-order chi connectivity index (χ0) is 20.7. The minimum absolute atomic E-state index is 0.0631. The van der Waals surface area contributed by atoms with Gasteiger partial charge < -0.3 is 18.6 Å². The van der Waals surface area contributed by atoms with Crippen molar-refractivity contribution in [1.82, 2.24) is 4.90 Å². The van der Waals surface area contributed by atoms with E-state index < -0.39 is 10.1 Å². The van der Waals surface area contributed by atoms with E-state index in [0.29, 0.717) is 29.3 Å². The van der Waals surface area contributed by atoms with E-state index in [4.69, 9.17) is 25.3 Å². The first-order valence-corrected chi connectivity index (χ1v) is 10.5. The lowest BCUT2D eigenvalue weighted by Gasteiger charge is -2.23. The summed E-state index contributed by atoms with van der Waals surface area (Å²) in [6.45, 7) is 0.934. The van der Waals surface area contributed by atoms with Gasteiger partial charge in [-0.2, -0.15) is 8.42 Å². The molecule has 0 heterocycles. The van der Waals surface area contributed by atoms with E-state index in [1.165, 1.54) is 13.2 Å². The summed E-state index contributed by atoms with van der Waals surface area (Å²) in [5.41, 5.74) is 1.17. The van der Waals surface area contributed by atoms with Gasteiger partial charge in [-0.25, -0.2) is 0 Å². The lowest BCUT2D eigenvalue weighted by Crippen LogP contribution is -2.33. The van der Waals surface area contributed by atoms with Gasteiger partial charge in [-0.15, -0.1) is 0 Å². The third-order valence-electron chi connectivity index (χ3n) is 3.79. The van der Waals surface area contributed by atoms with E-state index in [1.807, 2.05) is 0 Å². The number of methoxy groups -OCH3 is 2. The number of benzene rings is 2. The van der Waals surface area contributed by atoms with Crippen LogP contribution < -0.4 is 8.92 Å². The molecule has 0 bridgehead atoms. The molecule has 0 spiro atoms. The van der Waals surface area contributed by atoms with Gasteiger partial charge >= 0.3 is 10.1 Å². The average Bonchev–Trinajstić information content (AvgIpc) is 2.64. The van der Waals surface area contributed by atoms with Crippen molar-refractivity contribution in [2.45, 2.75) is 6.54 Å². The fourth-order valence-corrected chi connectivity index (χ4v) is 3.08. The number of ether oxygens (including phenoxy) is 2. The molecule has 9 heteroatoms. The fraction of sp³-hybridized carbons (Fsp3) is 0.316. The van der Waals surface area contributed by atoms with E-state index in [-0.39, 0.29) is 24.0 Å². The van der Waals surface area contributed by atoms with Crippen LogP contribution in [0.1, 0.15) is 15.9 Å². The topological polar surface area (TPSA) is 82.1 Å². The molecular weight excluding hydrogens is 406 g/mol. The predicted octanol–water partition coefficient (Wildman–Crippen LogP) is 2.98. The standard InChI is InChI=1S/C19H22ClNO6S/c1-25-11-10-21(19(22)15-5-7-16(20)8-6-15)13-14-4-9-17(26-2)18(12-14)27-28(3,23)24/h4-9,12H,10-11,13H2,1-3H3. The minimum Gasteiger partial charge on any atom is -0.493 e. The largest absolute Gasteiger partial charge is 0.493 e. The smallest absolute Gasteiger partial charge is 0.306 e. The van der Waals surface area contributed by atoms with Gasteiger partial charge in [-0.1, -0.05) is 17.7 Å². The van der Waals surface area contributed by atoms with Gasteiger partial charge in [0.2, 0.25) is 0 Å². The lowest BCUT2D eigenvalue weighted by atomic mass is 10.1. The van der Waals surface area contributed by atoms with Crippen LogP contribution >= 0.6 is 11.6 Å². The average molecular weight is 428 g/mol. The van der Waals surface area contributed by atoms with Crippen molar-refractivity contribution >= 4 is 27.6 Å². The monoisotopic (exact) mass is 427 g/mol. The van der Waals surface area contributed by atoms with Crippen LogP contribution in [0.2, 0.25) is 5.02 Å². The van der Waals surface area contributed by atoms with E-state index in [1.54, 1.807) is 48.4 Å². The molecule has 152 valence electrons. The maximum Gasteiger partial charge on any atom is 0.306 e. The maximum absolute atomic E-state index is 12.9. The van der Waals surface area contributed by atoms with Crippen LogP contribution in [0.4, 0.5) is 0 Å². The number of nitrogens with zero attached hydrogens (tertiary/aromatic N) is 1. The molecule has 0 unspecified atom stereocenters. The van der Waals surface area contributed by atoms with Gasteiger partial charge in [-0.05, 0) is 42.0 Å². The molecular formula is C19H22ClNO6S. The number of hydrogen-bond acceptors (Lipinski definition) is 6. The Morgan fingerprint density at radius 2 is 1.75 bits per heavy atom. The van der Waals surface area contributed by atoms with Crippen LogP contribution in [0.15, 0.2) is 42.5 Å². The molecule has 0 N–H and O–H groups in total. The molecule has 0 atom stereocenters. The highest BCUT2D eigenvalue weighted by molar-refractivity contribution is 7.86. The Labute approximate surface area is 169 Å². The summed E-state index contributed by atoms with van der Waals surface area (Å²) in [7, 11) is -0.758. The molecule has 2 aromatic carbocycles. The minimum atomic E-state index is -3.73. The van der Waals surface area contributed by atoms with E-state index in [0.717, 1.165) is 6.26 Å². The van der Waals surface area contributed by atoms with Crippen molar-refractivity contribution in [3.8, 4) is 11.5 Å². The Kier molecular flexibility index (Phi) is 7.68. The van der Waals surface area contributed by atoms with Crippen LogP contribution in [-0.4, -0.2) is 52.9 Å². The second kappa shape index (κ2) is 9.77. The Morgan fingerprint density at radius 1 is 1.07 bits per heavy atom. The molecule has 0 radical (unpaired) electrons. The third-order valence-corrected chi connectivity index (χ3v) is 4.52. The van der Waals surface area contributed by atoms with Crippen molar-refractivity contribution in [3.05, 3.63) is 58.6 Å². The summed E-state index contributed by atoms with van der Waals surface area (Å²) in [4.78, 5) is 14.5. The molecule has 2 aromatic rings. The van der Waals surface area contributed by atoms with Gasteiger partial charge in [0.1, 0.15) is 0 Å². The van der Waals surface area contributed by atoms with Gasteiger partial charge in [0.15, 0.2) is 11.5 Å². The van der Waals surface area contributed by atoms with Gasteiger partial charge in [0.25, 0.3) is 5.91 Å². The molecule has 1 amide bonds. The molecule has 0 aliphatic carbocycles. The van der Waals surface area contributed by atoms with Crippen molar-refractivity contribution in [2.24, 2.45) is 0 Å². The third kappa shape index (κ3) is 6.40. The van der Waals surface area contributed by atoms with Crippen LogP contribution in [0.5, 0.6) is 11.5 Å². The Bertz CT molecular complexity index is 915. The molecule has 7 nitrogen and oxygen atoms in total. The van der Waals surface area contributed by atoms with E-state index >= 15 is 0 Å². The summed E-state index contributed by atoms with van der Waals surface area (Å²) >= 11 is 5.89. The highest BCUT2D eigenvalue weighted by Gasteiger charge is 2.18. The lowest BCUT2D eigenvalue weighted by molar-refractivity contribution is 0.0680.